The Morgan fingerprint density at radius 3 is 2.16 bits per heavy atom. The van der Waals surface area contributed by atoms with Crippen molar-refractivity contribution in [2.45, 2.75) is 38.5 Å². The fourth-order valence-corrected chi connectivity index (χ4v) is 6.20. The van der Waals surface area contributed by atoms with Crippen molar-refractivity contribution in [2.24, 2.45) is 5.92 Å². The minimum absolute atomic E-state index is 0.915. The summed E-state index contributed by atoms with van der Waals surface area (Å²) < 4.78 is 1.74. The fourth-order valence-electron chi connectivity index (χ4n) is 4.56. The molecule has 4 aromatic rings. The minimum Gasteiger partial charge on any atom is -0.214 e. The molecular formula is C31H30Hf. The van der Waals surface area contributed by atoms with Gasteiger partial charge in [0.1, 0.15) is 0 Å². The molecule has 0 heterocycles. The molecule has 2 aliphatic rings. The van der Waals surface area contributed by atoms with Crippen LogP contribution in [0.5, 0.6) is 0 Å². The van der Waals surface area contributed by atoms with E-state index in [0.29, 0.717) is 0 Å². The van der Waals surface area contributed by atoms with E-state index in [4.69, 9.17) is 0 Å². The molecule has 0 nitrogen and oxygen atoms in total. The molecule has 1 saturated carbocycles. The maximum atomic E-state index is 3.30. The van der Waals surface area contributed by atoms with E-state index >= 15 is 0 Å². The van der Waals surface area contributed by atoms with Gasteiger partial charge in [0.15, 0.2) is 0 Å². The first-order chi connectivity index (χ1) is 15.8. The van der Waals surface area contributed by atoms with E-state index in [-0.39, 0.29) is 0 Å². The Labute approximate surface area is 207 Å². The summed E-state index contributed by atoms with van der Waals surface area (Å²) in [7, 11) is 0. The fraction of sp³-hybridized carbons (Fsp3) is 0.226. The molecule has 0 aliphatic heterocycles. The molecule has 4 aromatic carbocycles. The molecule has 1 fully saturated rings. The van der Waals surface area contributed by atoms with Gasteiger partial charge in [0, 0.05) is 0 Å². The maximum absolute atomic E-state index is 3.30. The van der Waals surface area contributed by atoms with Gasteiger partial charge in [-0.15, -0.1) is 5.56 Å². The summed E-state index contributed by atoms with van der Waals surface area (Å²) in [6.45, 7) is 0. The zero-order valence-electron chi connectivity index (χ0n) is 18.6. The molecule has 158 valence electrons. The van der Waals surface area contributed by atoms with E-state index in [2.05, 4.69) is 72.8 Å². The second-order valence-electron chi connectivity index (χ2n) is 8.47. The molecule has 0 amide bonds. The molecule has 6 rings (SSSR count). The molecule has 0 bridgehead atoms. The molecule has 0 radical (unpaired) electrons. The first kappa shape index (κ1) is 22.9. The van der Waals surface area contributed by atoms with Gasteiger partial charge in [-0.2, -0.15) is 48.0 Å². The van der Waals surface area contributed by atoms with E-state index in [9.17, 15) is 0 Å². The summed E-state index contributed by atoms with van der Waals surface area (Å²) in [4.78, 5) is 0. The van der Waals surface area contributed by atoms with Crippen molar-refractivity contribution in [1.82, 2.24) is 0 Å². The van der Waals surface area contributed by atoms with E-state index in [1.807, 2.05) is 36.4 Å². The van der Waals surface area contributed by atoms with Gasteiger partial charge in [-0.3, -0.25) is 0 Å². The summed E-state index contributed by atoms with van der Waals surface area (Å²) >= 11 is 1.23. The van der Waals surface area contributed by atoms with Crippen molar-refractivity contribution in [1.29, 1.82) is 0 Å². The van der Waals surface area contributed by atoms with Crippen LogP contribution in [-0.2, 0) is 30.3 Å². The zero-order valence-corrected chi connectivity index (χ0v) is 22.2. The Morgan fingerprint density at radius 1 is 0.750 bits per heavy atom. The van der Waals surface area contributed by atoms with Crippen molar-refractivity contribution >= 4 is 3.26 Å². The molecule has 0 saturated heterocycles. The van der Waals surface area contributed by atoms with E-state index in [1.54, 1.807) is 3.26 Å². The van der Waals surface area contributed by atoms with Gasteiger partial charge < -0.3 is 0 Å². The Hall–Kier alpha value is -2.25. The predicted octanol–water partition coefficient (Wildman–Crippen LogP) is 7.80. The second-order valence-corrected chi connectivity index (χ2v) is 10.4. The largest absolute Gasteiger partial charge is 0.214 e. The first-order valence-electron chi connectivity index (χ1n) is 11.7. The van der Waals surface area contributed by atoms with Gasteiger partial charge in [0.25, 0.3) is 0 Å². The minimum atomic E-state index is 0.915. The van der Waals surface area contributed by atoms with Gasteiger partial charge in [-0.1, -0.05) is 35.4 Å². The third kappa shape index (κ3) is 6.17. The van der Waals surface area contributed by atoms with Crippen LogP contribution in [0.2, 0.25) is 0 Å². The monoisotopic (exact) mass is 582 g/mol. The quantitative estimate of drug-likeness (QED) is 0.148. The van der Waals surface area contributed by atoms with E-state index < -0.39 is 0 Å². The van der Waals surface area contributed by atoms with Crippen LogP contribution in [0.25, 0.3) is 11.1 Å². The molecule has 0 atom stereocenters. The number of fused-ring (bicyclic) bond motifs is 3. The summed E-state index contributed by atoms with van der Waals surface area (Å²) in [5.74, 6) is 0.915. The zero-order chi connectivity index (χ0) is 22.0. The SMILES string of the molecule is [Hf+2]=[C](c1ccccc1)C1CCCCC1.[c-]1cccc2c1Cc1ccccc1-2.c1cc[cH-]c1. The molecule has 1 heteroatoms. The van der Waals surface area contributed by atoms with Gasteiger partial charge in [0.2, 0.25) is 0 Å². The third-order valence-electron chi connectivity index (χ3n) is 6.27. The van der Waals surface area contributed by atoms with Crippen LogP contribution in [0, 0.1) is 12.0 Å². The number of rotatable bonds is 2. The molecular weight excluding hydrogens is 551 g/mol. The number of hydrogen-bond acceptors (Lipinski definition) is 0. The molecule has 32 heavy (non-hydrogen) atoms. The van der Waals surface area contributed by atoms with Crippen molar-refractivity contribution in [3.05, 3.63) is 126 Å². The van der Waals surface area contributed by atoms with Crippen LogP contribution >= 0.6 is 0 Å². The smallest absolute Gasteiger partial charge is 0.0253 e. The summed E-state index contributed by atoms with van der Waals surface area (Å²) in [5.41, 5.74) is 7.02. The van der Waals surface area contributed by atoms with Crippen LogP contribution in [0.4, 0.5) is 0 Å². The van der Waals surface area contributed by atoms with Crippen LogP contribution in [0.3, 0.4) is 0 Å². The number of hydrogen-bond donors (Lipinski definition) is 0. The van der Waals surface area contributed by atoms with Crippen LogP contribution < -0.4 is 0 Å². The topological polar surface area (TPSA) is 0 Å². The molecule has 0 unspecified atom stereocenters. The standard InChI is InChI=1S/C13H9.C13H16.C5H5.Hf/c1-3-7-12-10(5-1)9-11-6-2-4-8-13(11)12;1-3-7-12(8-4-1)11-13-9-5-2-6-10-13;1-2-4-5-3-1;/h1-5,7-8H,9H2;1,3-4,7-8,13H,2,5-6,9-10H2;1-5H;/q-1;;-1;+2. The Morgan fingerprint density at radius 2 is 1.44 bits per heavy atom. The summed E-state index contributed by atoms with van der Waals surface area (Å²) in [5, 5.41) is 0. The average Bonchev–Trinajstić information content (AvgIpc) is 3.57. The molecule has 0 aromatic heterocycles. The molecule has 2 aliphatic carbocycles. The normalized spacial score (nSPS) is 14.2. The van der Waals surface area contributed by atoms with Crippen molar-refractivity contribution in [3.8, 4) is 11.1 Å². The van der Waals surface area contributed by atoms with Crippen LogP contribution in [0.1, 0.15) is 48.8 Å². The Kier molecular flexibility index (Phi) is 8.68. The summed E-state index contributed by atoms with van der Waals surface area (Å²) in [6.07, 6.45) is 8.28. The van der Waals surface area contributed by atoms with Gasteiger partial charge in [-0.05, 0) is 6.42 Å². The molecule has 0 spiro atoms. The number of benzene rings is 3. The Bertz CT molecular complexity index is 1030. The summed E-state index contributed by atoms with van der Waals surface area (Å²) in [6, 6.07) is 39.1. The average molecular weight is 581 g/mol. The van der Waals surface area contributed by atoms with Crippen molar-refractivity contribution in [3.63, 3.8) is 0 Å². The predicted molar refractivity (Wildman–Crippen MR) is 133 cm³/mol. The van der Waals surface area contributed by atoms with Crippen LogP contribution in [0.15, 0.2) is 103 Å². The van der Waals surface area contributed by atoms with Gasteiger partial charge in [0.05, 0.1) is 0 Å². The molecule has 0 N–H and O–H groups in total. The van der Waals surface area contributed by atoms with Crippen molar-refractivity contribution in [2.75, 3.05) is 0 Å². The van der Waals surface area contributed by atoms with Gasteiger partial charge >= 0.3 is 101 Å². The van der Waals surface area contributed by atoms with E-state index in [1.165, 1.54) is 83.8 Å². The van der Waals surface area contributed by atoms with Gasteiger partial charge in [-0.25, -0.2) is 12.1 Å². The van der Waals surface area contributed by atoms with E-state index in [0.717, 1.165) is 12.3 Å². The Balaban J connectivity index is 0.000000127. The first-order valence-corrected chi connectivity index (χ1v) is 13.5. The van der Waals surface area contributed by atoms with Crippen molar-refractivity contribution < 1.29 is 23.9 Å². The maximum Gasteiger partial charge on any atom is -0.0253 e. The van der Waals surface area contributed by atoms with Crippen LogP contribution in [-0.4, -0.2) is 3.26 Å². The third-order valence-corrected chi connectivity index (χ3v) is 8.77. The second kappa shape index (κ2) is 12.1.